The highest BCUT2D eigenvalue weighted by Crippen LogP contribution is 2.16. The van der Waals surface area contributed by atoms with Crippen LogP contribution in [0.1, 0.15) is 17.2 Å². The molecule has 20 heavy (non-hydrogen) atoms. The van der Waals surface area contributed by atoms with Crippen LogP contribution in [0.25, 0.3) is 5.52 Å². The van der Waals surface area contributed by atoms with Gasteiger partial charge in [0.1, 0.15) is 5.52 Å². The van der Waals surface area contributed by atoms with E-state index >= 15 is 0 Å². The fraction of sp³-hybridized carbons (Fsp3) is 0.200. The summed E-state index contributed by atoms with van der Waals surface area (Å²) in [4.78, 5) is 12.3. The first-order valence-corrected chi connectivity index (χ1v) is 6.51. The fourth-order valence-electron chi connectivity index (χ4n) is 2.42. The summed E-state index contributed by atoms with van der Waals surface area (Å²) >= 11 is 0. The van der Waals surface area contributed by atoms with E-state index in [2.05, 4.69) is 5.10 Å². The van der Waals surface area contributed by atoms with E-state index in [1.165, 1.54) is 0 Å². The van der Waals surface area contributed by atoms with Gasteiger partial charge >= 0.3 is 0 Å². The van der Waals surface area contributed by atoms with E-state index in [0.717, 1.165) is 11.1 Å². The third-order valence-corrected chi connectivity index (χ3v) is 3.52. The van der Waals surface area contributed by atoms with Crippen LogP contribution in [-0.4, -0.2) is 14.2 Å². The van der Waals surface area contributed by atoms with Gasteiger partial charge in [0.15, 0.2) is 0 Å². The van der Waals surface area contributed by atoms with Crippen molar-refractivity contribution in [3.05, 3.63) is 70.4 Å². The Morgan fingerprint density at radius 3 is 2.85 bits per heavy atom. The van der Waals surface area contributed by atoms with E-state index < -0.39 is 0 Å². The average molecular weight is 268 g/mol. The van der Waals surface area contributed by atoms with E-state index in [0.29, 0.717) is 12.1 Å². The van der Waals surface area contributed by atoms with Crippen LogP contribution in [0.4, 0.5) is 0 Å². The second-order valence-corrected chi connectivity index (χ2v) is 4.88. The third-order valence-electron chi connectivity index (χ3n) is 3.52. The van der Waals surface area contributed by atoms with Crippen molar-refractivity contribution in [3.63, 3.8) is 0 Å². The first-order valence-electron chi connectivity index (χ1n) is 6.51. The molecule has 0 saturated heterocycles. The zero-order valence-electron chi connectivity index (χ0n) is 11.2. The monoisotopic (exact) mass is 268 g/mol. The maximum absolute atomic E-state index is 12.3. The molecular formula is C15H16N4O. The van der Waals surface area contributed by atoms with Crippen LogP contribution in [0.5, 0.6) is 0 Å². The minimum Gasteiger partial charge on any atom is -0.322 e. The van der Waals surface area contributed by atoms with Gasteiger partial charge in [0.25, 0.3) is 5.56 Å². The number of hydrogen-bond acceptors (Lipinski definition) is 3. The van der Waals surface area contributed by atoms with Gasteiger partial charge < -0.3 is 10.3 Å². The number of aryl methyl sites for hydroxylation is 1. The van der Waals surface area contributed by atoms with Crippen molar-refractivity contribution in [2.24, 2.45) is 5.73 Å². The number of nitrogens with zero attached hydrogens (tertiary/aromatic N) is 3. The zero-order valence-corrected chi connectivity index (χ0v) is 11.2. The highest BCUT2D eigenvalue weighted by Gasteiger charge is 2.11. The first-order chi connectivity index (χ1) is 9.66. The van der Waals surface area contributed by atoms with E-state index in [1.807, 2.05) is 31.2 Å². The molecule has 1 atom stereocenters. The number of benzene rings is 1. The molecule has 5 heteroatoms. The van der Waals surface area contributed by atoms with Crippen molar-refractivity contribution >= 4 is 5.52 Å². The fourth-order valence-corrected chi connectivity index (χ4v) is 2.42. The molecule has 0 bridgehead atoms. The van der Waals surface area contributed by atoms with E-state index in [9.17, 15) is 4.79 Å². The molecular weight excluding hydrogens is 252 g/mol. The summed E-state index contributed by atoms with van der Waals surface area (Å²) in [5.41, 5.74) is 8.92. The van der Waals surface area contributed by atoms with E-state index in [-0.39, 0.29) is 11.6 Å². The molecule has 0 amide bonds. The third kappa shape index (κ3) is 2.12. The van der Waals surface area contributed by atoms with Gasteiger partial charge in [-0.1, -0.05) is 24.3 Å². The zero-order chi connectivity index (χ0) is 14.1. The highest BCUT2D eigenvalue weighted by molar-refractivity contribution is 5.42. The normalized spacial score (nSPS) is 12.7. The largest absolute Gasteiger partial charge is 0.322 e. The van der Waals surface area contributed by atoms with Gasteiger partial charge in [-0.05, 0) is 24.1 Å². The van der Waals surface area contributed by atoms with Gasteiger partial charge in [0.05, 0.1) is 6.20 Å². The van der Waals surface area contributed by atoms with Crippen LogP contribution in [0.15, 0.2) is 53.7 Å². The lowest BCUT2D eigenvalue weighted by Gasteiger charge is -2.16. The maximum Gasteiger partial charge on any atom is 0.276 e. The summed E-state index contributed by atoms with van der Waals surface area (Å²) in [5, 5.41) is 4.04. The maximum atomic E-state index is 12.3. The molecule has 0 aliphatic carbocycles. The summed E-state index contributed by atoms with van der Waals surface area (Å²) in [5.74, 6) is 0. The lowest BCUT2D eigenvalue weighted by Crippen LogP contribution is -2.27. The Morgan fingerprint density at radius 2 is 2.05 bits per heavy atom. The molecule has 0 spiro atoms. The average Bonchev–Trinajstić information content (AvgIpc) is 2.91. The Hall–Kier alpha value is -2.40. The molecule has 0 fully saturated rings. The Bertz CT molecular complexity index is 803. The summed E-state index contributed by atoms with van der Waals surface area (Å²) in [6, 6.07) is 9.47. The molecule has 0 aliphatic heterocycles. The predicted octanol–water partition coefficient (Wildman–Crippen LogP) is 1.50. The number of hydrogen-bond donors (Lipinski definition) is 1. The molecule has 102 valence electrons. The van der Waals surface area contributed by atoms with E-state index in [1.54, 1.807) is 33.7 Å². The van der Waals surface area contributed by atoms with Crippen molar-refractivity contribution in [3.8, 4) is 0 Å². The van der Waals surface area contributed by atoms with Gasteiger partial charge in [-0.15, -0.1) is 0 Å². The van der Waals surface area contributed by atoms with Crippen LogP contribution in [-0.2, 0) is 6.54 Å². The van der Waals surface area contributed by atoms with Crippen LogP contribution in [0.3, 0.4) is 0 Å². The SMILES string of the molecule is Cc1ccccc1C(N)Cn1ccn2nccc2c1=O. The minimum absolute atomic E-state index is 0.0750. The molecule has 5 nitrogen and oxygen atoms in total. The second-order valence-electron chi connectivity index (χ2n) is 4.88. The molecule has 0 saturated carbocycles. The smallest absolute Gasteiger partial charge is 0.276 e. The Kier molecular flexibility index (Phi) is 3.12. The topological polar surface area (TPSA) is 65.3 Å². The highest BCUT2D eigenvalue weighted by atomic mass is 16.1. The van der Waals surface area contributed by atoms with Crippen molar-refractivity contribution in [1.82, 2.24) is 14.2 Å². The van der Waals surface area contributed by atoms with Crippen LogP contribution < -0.4 is 11.3 Å². The van der Waals surface area contributed by atoms with Crippen molar-refractivity contribution in [2.75, 3.05) is 0 Å². The number of rotatable bonds is 3. The molecule has 2 N–H and O–H groups in total. The summed E-state index contributed by atoms with van der Waals surface area (Å²) in [6.45, 7) is 2.48. The van der Waals surface area contributed by atoms with Crippen molar-refractivity contribution < 1.29 is 0 Å². The van der Waals surface area contributed by atoms with Crippen LogP contribution >= 0.6 is 0 Å². The Labute approximate surface area is 116 Å². The molecule has 3 aromatic rings. The molecule has 2 aromatic heterocycles. The van der Waals surface area contributed by atoms with Crippen LogP contribution in [0, 0.1) is 6.92 Å². The molecule has 0 radical (unpaired) electrons. The first kappa shape index (κ1) is 12.6. The lowest BCUT2D eigenvalue weighted by atomic mass is 10.0. The summed E-state index contributed by atoms with van der Waals surface area (Å²) in [7, 11) is 0. The molecule has 3 rings (SSSR count). The Balaban J connectivity index is 1.95. The lowest BCUT2D eigenvalue weighted by molar-refractivity contribution is 0.557. The van der Waals surface area contributed by atoms with Gasteiger partial charge in [-0.25, -0.2) is 4.52 Å². The second kappa shape index (κ2) is 4.94. The van der Waals surface area contributed by atoms with Gasteiger partial charge in [-0.2, -0.15) is 5.10 Å². The summed E-state index contributed by atoms with van der Waals surface area (Å²) in [6.07, 6.45) is 5.10. The summed E-state index contributed by atoms with van der Waals surface area (Å²) < 4.78 is 3.20. The van der Waals surface area contributed by atoms with E-state index in [4.69, 9.17) is 5.73 Å². The van der Waals surface area contributed by atoms with Crippen molar-refractivity contribution in [2.45, 2.75) is 19.5 Å². The number of fused-ring (bicyclic) bond motifs is 1. The predicted molar refractivity (Wildman–Crippen MR) is 77.6 cm³/mol. The quantitative estimate of drug-likeness (QED) is 0.783. The number of aromatic nitrogens is 3. The van der Waals surface area contributed by atoms with Crippen LogP contribution in [0.2, 0.25) is 0 Å². The van der Waals surface area contributed by atoms with Gasteiger partial charge in [0.2, 0.25) is 0 Å². The van der Waals surface area contributed by atoms with Gasteiger partial charge in [0, 0.05) is 25.0 Å². The molecule has 1 unspecified atom stereocenters. The standard InChI is InChI=1S/C15H16N4O/c1-11-4-2-3-5-12(11)13(16)10-18-8-9-19-14(15(18)20)6-7-17-19/h2-9,13H,10,16H2,1H3. The molecule has 2 heterocycles. The minimum atomic E-state index is -0.209. The van der Waals surface area contributed by atoms with Gasteiger partial charge in [-0.3, -0.25) is 4.79 Å². The molecule has 1 aromatic carbocycles. The number of nitrogens with two attached hydrogens (primary N) is 1. The Morgan fingerprint density at radius 1 is 1.25 bits per heavy atom. The van der Waals surface area contributed by atoms with Crippen molar-refractivity contribution in [1.29, 1.82) is 0 Å². The molecule has 0 aliphatic rings.